The quantitative estimate of drug-likeness (QED) is 0.223. The van der Waals surface area contributed by atoms with Gasteiger partial charge in [-0.15, -0.1) is 0 Å². The summed E-state index contributed by atoms with van der Waals surface area (Å²) in [6.45, 7) is 2.04. The summed E-state index contributed by atoms with van der Waals surface area (Å²) in [6.07, 6.45) is -0.0177. The summed E-state index contributed by atoms with van der Waals surface area (Å²) >= 11 is 6.64. The second-order valence-corrected chi connectivity index (χ2v) is 13.8. The highest BCUT2D eigenvalue weighted by Crippen LogP contribution is 2.66. The highest BCUT2D eigenvalue weighted by molar-refractivity contribution is 7.90. The van der Waals surface area contributed by atoms with E-state index in [0.717, 1.165) is 9.65 Å². The van der Waals surface area contributed by atoms with Crippen LogP contribution in [-0.2, 0) is 21.2 Å². The maximum absolute atomic E-state index is 14.1. The zero-order valence-electron chi connectivity index (χ0n) is 24.5. The number of hydrogen-bond donors (Lipinski definition) is 1. The first-order valence-electron chi connectivity index (χ1n) is 14.1. The normalized spacial score (nSPS) is 16.2. The molecule has 0 bridgehead atoms. The van der Waals surface area contributed by atoms with Crippen LogP contribution in [0, 0.1) is 12.3 Å². The molecule has 0 aliphatic heterocycles. The van der Waals surface area contributed by atoms with Crippen molar-refractivity contribution >= 4 is 38.4 Å². The van der Waals surface area contributed by atoms with E-state index in [0.29, 0.717) is 33.5 Å². The standard InChI is InChI=1S/C31H33ClF3N5O3S/c1-20-4-6-25(7-5-20)44(42,43)40-28-17-27(32)22(14-23(28)18-38-40)15-24(39(2)3)19-37-29(41)16-26(21-8-12-36-13-9-21)30(10-11-30)31(33,34)35/h4-9,12-14,17-18,24,26H,10-11,15-16,19H2,1-3H3,(H,37,41)/t24-,26+/m0/s1. The third kappa shape index (κ3) is 6.33. The van der Waals surface area contributed by atoms with Crippen LogP contribution in [0.1, 0.15) is 41.9 Å². The molecule has 2 aromatic carbocycles. The van der Waals surface area contributed by atoms with Gasteiger partial charge in [-0.1, -0.05) is 29.3 Å². The van der Waals surface area contributed by atoms with Gasteiger partial charge in [-0.3, -0.25) is 9.78 Å². The Morgan fingerprint density at radius 3 is 2.36 bits per heavy atom. The van der Waals surface area contributed by atoms with Crippen LogP contribution in [0.25, 0.3) is 10.9 Å². The van der Waals surface area contributed by atoms with Gasteiger partial charge >= 0.3 is 6.18 Å². The Morgan fingerprint density at radius 2 is 1.77 bits per heavy atom. The number of amides is 1. The van der Waals surface area contributed by atoms with Gasteiger partial charge in [0, 0.05) is 47.7 Å². The number of carbonyl (C=O) groups is 1. The molecule has 5 rings (SSSR count). The zero-order valence-corrected chi connectivity index (χ0v) is 26.0. The molecule has 0 spiro atoms. The third-order valence-corrected chi connectivity index (χ3v) is 10.5. The number of rotatable bonds is 11. The Hall–Kier alpha value is -3.48. The molecule has 1 saturated carbocycles. The molecule has 1 amide bonds. The van der Waals surface area contributed by atoms with E-state index in [2.05, 4.69) is 15.4 Å². The molecule has 1 aliphatic carbocycles. The molecule has 234 valence electrons. The topological polar surface area (TPSA) is 97.2 Å². The largest absolute Gasteiger partial charge is 0.395 e. The van der Waals surface area contributed by atoms with Crippen LogP contribution in [0.5, 0.6) is 0 Å². The second kappa shape index (κ2) is 12.1. The van der Waals surface area contributed by atoms with Crippen molar-refractivity contribution in [2.75, 3.05) is 20.6 Å². The molecule has 0 radical (unpaired) electrons. The van der Waals surface area contributed by atoms with Crippen LogP contribution in [0.2, 0.25) is 5.02 Å². The fraction of sp³-hybridized carbons (Fsp3) is 0.387. The predicted molar refractivity (Wildman–Crippen MR) is 162 cm³/mol. The fourth-order valence-corrected chi connectivity index (χ4v) is 7.11. The van der Waals surface area contributed by atoms with Gasteiger partial charge in [0.2, 0.25) is 5.91 Å². The minimum atomic E-state index is -4.42. The third-order valence-electron chi connectivity index (χ3n) is 8.49. The van der Waals surface area contributed by atoms with Crippen molar-refractivity contribution in [1.29, 1.82) is 0 Å². The average molecular weight is 648 g/mol. The van der Waals surface area contributed by atoms with Gasteiger partial charge in [-0.25, -0.2) is 0 Å². The summed E-state index contributed by atoms with van der Waals surface area (Å²) in [5, 5.41) is 7.87. The molecule has 8 nitrogen and oxygen atoms in total. The van der Waals surface area contributed by atoms with Gasteiger partial charge in [0.25, 0.3) is 10.0 Å². The first-order valence-corrected chi connectivity index (χ1v) is 15.9. The lowest BCUT2D eigenvalue weighted by molar-refractivity contribution is -0.194. The van der Waals surface area contributed by atoms with Gasteiger partial charge in [0.1, 0.15) is 0 Å². The lowest BCUT2D eigenvalue weighted by Gasteiger charge is -2.30. The van der Waals surface area contributed by atoms with Crippen molar-refractivity contribution in [2.24, 2.45) is 5.41 Å². The molecule has 1 aliphatic rings. The Balaban J connectivity index is 1.31. The number of halogens is 4. The number of aromatic nitrogens is 3. The molecular weight excluding hydrogens is 615 g/mol. The minimum absolute atomic E-state index is 0.0129. The zero-order chi connectivity index (χ0) is 31.9. The van der Waals surface area contributed by atoms with Crippen molar-refractivity contribution in [3.63, 3.8) is 0 Å². The van der Waals surface area contributed by atoms with Gasteiger partial charge in [0.15, 0.2) is 0 Å². The van der Waals surface area contributed by atoms with Crippen molar-refractivity contribution in [3.05, 3.63) is 88.8 Å². The Labute approximate surface area is 259 Å². The first kappa shape index (κ1) is 31.9. The number of alkyl halides is 3. The van der Waals surface area contributed by atoms with Crippen molar-refractivity contribution < 1.29 is 26.4 Å². The number of nitrogens with one attached hydrogen (secondary N) is 1. The number of likely N-dealkylation sites (N-methyl/N-ethyl adjacent to an activating group) is 1. The lowest BCUT2D eigenvalue weighted by Crippen LogP contribution is -2.42. The number of pyridine rings is 1. The molecule has 2 aromatic heterocycles. The first-order chi connectivity index (χ1) is 20.7. The molecule has 0 unspecified atom stereocenters. The predicted octanol–water partition coefficient (Wildman–Crippen LogP) is 5.74. The molecule has 44 heavy (non-hydrogen) atoms. The Bertz CT molecular complexity index is 1760. The molecule has 0 saturated heterocycles. The monoisotopic (exact) mass is 647 g/mol. The van der Waals surface area contributed by atoms with Gasteiger partial charge in [-0.2, -0.15) is 30.8 Å². The van der Waals surface area contributed by atoms with E-state index in [1.54, 1.807) is 36.4 Å². The molecule has 1 fully saturated rings. The number of fused-ring (bicyclic) bond motifs is 1. The molecule has 2 atom stereocenters. The van der Waals surface area contributed by atoms with E-state index in [1.165, 1.54) is 30.7 Å². The summed E-state index contributed by atoms with van der Waals surface area (Å²) < 4.78 is 69.7. The maximum atomic E-state index is 14.1. The van der Waals surface area contributed by atoms with E-state index in [4.69, 9.17) is 11.6 Å². The van der Waals surface area contributed by atoms with Crippen LogP contribution in [0.3, 0.4) is 0 Å². The number of aryl methyl sites for hydroxylation is 1. The van der Waals surface area contributed by atoms with Crippen LogP contribution >= 0.6 is 11.6 Å². The highest BCUT2D eigenvalue weighted by Gasteiger charge is 2.67. The van der Waals surface area contributed by atoms with E-state index < -0.39 is 33.4 Å². The van der Waals surface area contributed by atoms with Gasteiger partial charge in [-0.05, 0) is 87.8 Å². The SMILES string of the molecule is Cc1ccc(S(=O)(=O)n2ncc3cc(C[C@@H](CNC(=O)C[C@H](c4ccncc4)C4(C(F)(F)F)CC4)N(C)C)c(Cl)cc32)cc1. The van der Waals surface area contributed by atoms with E-state index in [9.17, 15) is 26.4 Å². The number of carbonyl (C=O) groups excluding carboxylic acids is 1. The van der Waals surface area contributed by atoms with E-state index in [1.807, 2.05) is 25.9 Å². The van der Waals surface area contributed by atoms with Crippen LogP contribution in [0.4, 0.5) is 13.2 Å². The average Bonchev–Trinajstić information content (AvgIpc) is 3.69. The van der Waals surface area contributed by atoms with Crippen LogP contribution in [-0.4, -0.2) is 66.3 Å². The molecule has 2 heterocycles. The van der Waals surface area contributed by atoms with Crippen LogP contribution < -0.4 is 5.32 Å². The van der Waals surface area contributed by atoms with Gasteiger partial charge < -0.3 is 10.2 Å². The van der Waals surface area contributed by atoms with Crippen molar-refractivity contribution in [2.45, 2.75) is 55.6 Å². The summed E-state index contributed by atoms with van der Waals surface area (Å²) in [4.78, 5) is 19.0. The summed E-state index contributed by atoms with van der Waals surface area (Å²) in [7, 11) is -0.289. The molecule has 4 aromatic rings. The summed E-state index contributed by atoms with van der Waals surface area (Å²) in [6, 6.07) is 12.6. The Kier molecular flexibility index (Phi) is 8.80. The minimum Gasteiger partial charge on any atom is -0.355 e. The Morgan fingerprint density at radius 1 is 1.11 bits per heavy atom. The van der Waals surface area contributed by atoms with E-state index in [-0.39, 0.29) is 36.7 Å². The number of hydrogen-bond acceptors (Lipinski definition) is 6. The molecule has 1 N–H and O–H groups in total. The summed E-state index contributed by atoms with van der Waals surface area (Å²) in [5.41, 5.74) is 0.500. The highest BCUT2D eigenvalue weighted by atomic mass is 35.5. The fourth-order valence-electron chi connectivity index (χ4n) is 5.60. The van der Waals surface area contributed by atoms with Crippen molar-refractivity contribution in [3.8, 4) is 0 Å². The second-order valence-electron chi connectivity index (χ2n) is 11.6. The molecule has 13 heteroatoms. The lowest BCUT2D eigenvalue weighted by atomic mass is 9.80. The number of nitrogens with zero attached hydrogens (tertiary/aromatic N) is 4. The number of benzene rings is 2. The molecular formula is C31H33ClF3N5O3S. The van der Waals surface area contributed by atoms with Crippen LogP contribution in [0.15, 0.2) is 72.0 Å². The maximum Gasteiger partial charge on any atom is 0.395 e. The van der Waals surface area contributed by atoms with E-state index >= 15 is 0 Å². The van der Waals surface area contributed by atoms with Gasteiger partial charge in [0.05, 0.1) is 22.0 Å². The smallest absolute Gasteiger partial charge is 0.355 e. The van der Waals surface area contributed by atoms with Crippen molar-refractivity contribution in [1.82, 2.24) is 24.4 Å². The summed E-state index contributed by atoms with van der Waals surface area (Å²) in [5.74, 6) is -1.48.